The number of hydrogen-bond acceptors (Lipinski definition) is 6. The monoisotopic (exact) mass is 274 g/mol. The van der Waals surface area contributed by atoms with E-state index in [4.69, 9.17) is 4.74 Å². The molecule has 0 spiro atoms. The van der Waals surface area contributed by atoms with Crippen LogP contribution in [-0.4, -0.2) is 36.4 Å². The normalized spacial score (nSPS) is 14.4. The van der Waals surface area contributed by atoms with E-state index in [0.717, 1.165) is 15.8 Å². The Morgan fingerprint density at radius 3 is 2.88 bits per heavy atom. The van der Waals surface area contributed by atoms with E-state index >= 15 is 0 Å². The lowest BCUT2D eigenvalue weighted by molar-refractivity contribution is -0.147. The lowest BCUT2D eigenvalue weighted by Gasteiger charge is -2.25. The molecule has 0 bridgehead atoms. The number of hydrogen-bond donors (Lipinski definition) is 1. The zero-order valence-corrected chi connectivity index (χ0v) is 12.2. The Kier molecular flexibility index (Phi) is 5.42. The predicted molar refractivity (Wildman–Crippen MR) is 71.7 cm³/mol. The van der Waals surface area contributed by atoms with Gasteiger partial charge in [0.05, 0.1) is 7.11 Å². The maximum Gasteiger partial charge on any atom is 0.325 e. The first-order chi connectivity index (χ1) is 8.01. The highest BCUT2D eigenvalue weighted by atomic mass is 32.2. The third-order valence-electron chi connectivity index (χ3n) is 2.61. The van der Waals surface area contributed by atoms with Crippen LogP contribution in [0.1, 0.15) is 19.0 Å². The summed E-state index contributed by atoms with van der Waals surface area (Å²) in [5.74, 6) is 0.607. The summed E-state index contributed by atoms with van der Waals surface area (Å²) in [6.07, 6.45) is 0.708. The van der Waals surface area contributed by atoms with Gasteiger partial charge in [0.2, 0.25) is 0 Å². The summed E-state index contributed by atoms with van der Waals surface area (Å²) in [5.41, 5.74) is 0.426. The molecule has 1 unspecified atom stereocenters. The Balaban J connectivity index is 2.46. The Bertz CT molecular complexity index is 381. The molecule has 1 aromatic heterocycles. The molecule has 1 N–H and O–H groups in total. The van der Waals surface area contributed by atoms with E-state index in [2.05, 4.69) is 10.3 Å². The number of aromatic nitrogens is 1. The van der Waals surface area contributed by atoms with Crippen LogP contribution in [0, 0.1) is 6.92 Å². The van der Waals surface area contributed by atoms with Crippen LogP contribution in [0.15, 0.2) is 9.72 Å². The molecule has 0 aliphatic carbocycles. The minimum atomic E-state index is -0.617. The summed E-state index contributed by atoms with van der Waals surface area (Å²) < 4.78 is 5.84. The van der Waals surface area contributed by atoms with Crippen LogP contribution in [0.2, 0.25) is 0 Å². The number of methoxy groups -OCH3 is 1. The fraction of sp³-hybridized carbons (Fsp3) is 0.636. The number of rotatable bonds is 6. The highest BCUT2D eigenvalue weighted by molar-refractivity contribution is 8.01. The van der Waals surface area contributed by atoms with Gasteiger partial charge in [0.15, 0.2) is 0 Å². The molecule has 0 saturated heterocycles. The molecule has 0 aromatic carbocycles. The maximum absolute atomic E-state index is 11.6. The van der Waals surface area contributed by atoms with Crippen molar-refractivity contribution in [1.29, 1.82) is 0 Å². The minimum Gasteiger partial charge on any atom is -0.468 e. The van der Waals surface area contributed by atoms with Crippen LogP contribution < -0.4 is 5.32 Å². The Morgan fingerprint density at radius 2 is 2.41 bits per heavy atom. The number of nitrogens with one attached hydrogen (secondary N) is 1. The zero-order valence-electron chi connectivity index (χ0n) is 10.6. The number of likely N-dealkylation sites (N-methyl/N-ethyl adjacent to an activating group) is 1. The number of nitrogens with zero attached hydrogens (tertiary/aromatic N) is 1. The molecule has 0 aliphatic heterocycles. The van der Waals surface area contributed by atoms with Crippen molar-refractivity contribution in [2.24, 2.45) is 0 Å². The summed E-state index contributed by atoms with van der Waals surface area (Å²) in [5, 5.41) is 5.04. The molecule has 6 heteroatoms. The number of carbonyl (C=O) groups excluding carboxylic acids is 1. The summed E-state index contributed by atoms with van der Waals surface area (Å²) in [6.45, 7) is 3.83. The minimum absolute atomic E-state index is 0.226. The van der Waals surface area contributed by atoms with E-state index in [1.165, 1.54) is 7.11 Å². The van der Waals surface area contributed by atoms with Gasteiger partial charge in [-0.2, -0.15) is 0 Å². The molecule has 0 saturated carbocycles. The third-order valence-corrected chi connectivity index (χ3v) is 4.75. The zero-order chi connectivity index (χ0) is 12.9. The molecule has 1 atom stereocenters. The molecule has 1 rings (SSSR count). The molecule has 0 amide bonds. The number of thiazole rings is 1. The first-order valence-electron chi connectivity index (χ1n) is 5.34. The van der Waals surface area contributed by atoms with E-state index in [1.807, 2.05) is 19.2 Å². The van der Waals surface area contributed by atoms with Gasteiger partial charge in [-0.1, -0.05) is 11.8 Å². The van der Waals surface area contributed by atoms with Crippen molar-refractivity contribution in [2.45, 2.75) is 30.1 Å². The van der Waals surface area contributed by atoms with Gasteiger partial charge in [-0.15, -0.1) is 11.3 Å². The average Bonchev–Trinajstić information content (AvgIpc) is 2.73. The number of carbonyl (C=O) groups is 1. The molecule has 0 radical (unpaired) electrons. The van der Waals surface area contributed by atoms with Gasteiger partial charge in [0.1, 0.15) is 9.88 Å². The fourth-order valence-corrected chi connectivity index (χ4v) is 3.38. The highest BCUT2D eigenvalue weighted by Gasteiger charge is 2.31. The summed E-state index contributed by atoms with van der Waals surface area (Å²) >= 11 is 3.31. The number of thioether (sulfide) groups is 1. The van der Waals surface area contributed by atoms with Gasteiger partial charge in [0, 0.05) is 16.8 Å². The smallest absolute Gasteiger partial charge is 0.325 e. The van der Waals surface area contributed by atoms with Crippen molar-refractivity contribution in [3.8, 4) is 0 Å². The number of esters is 1. The van der Waals surface area contributed by atoms with Gasteiger partial charge < -0.3 is 10.1 Å². The van der Waals surface area contributed by atoms with E-state index in [1.54, 1.807) is 30.1 Å². The standard InChI is InChI=1S/C11H18N2O2S2/c1-8-7-17-10(13-8)16-6-5-11(2,12-3)9(14)15-4/h7,12H,5-6H2,1-4H3. The summed E-state index contributed by atoms with van der Waals surface area (Å²) in [4.78, 5) is 16.0. The Morgan fingerprint density at radius 1 is 1.71 bits per heavy atom. The van der Waals surface area contributed by atoms with Gasteiger partial charge in [-0.3, -0.25) is 4.79 Å². The Hall–Kier alpha value is -0.590. The molecular formula is C11H18N2O2S2. The molecule has 1 heterocycles. The topological polar surface area (TPSA) is 51.2 Å². The van der Waals surface area contributed by atoms with Crippen molar-refractivity contribution in [3.63, 3.8) is 0 Å². The van der Waals surface area contributed by atoms with Gasteiger partial charge in [0.25, 0.3) is 0 Å². The van der Waals surface area contributed by atoms with Crippen molar-refractivity contribution in [3.05, 3.63) is 11.1 Å². The average molecular weight is 274 g/mol. The van der Waals surface area contributed by atoms with Gasteiger partial charge in [-0.05, 0) is 27.3 Å². The summed E-state index contributed by atoms with van der Waals surface area (Å²) in [6, 6.07) is 0. The van der Waals surface area contributed by atoms with E-state index in [9.17, 15) is 4.79 Å². The SMILES string of the molecule is CNC(C)(CCSc1nc(C)cs1)C(=O)OC. The van der Waals surface area contributed by atoms with Gasteiger partial charge >= 0.3 is 5.97 Å². The second-order valence-electron chi connectivity index (χ2n) is 3.93. The first-order valence-corrected chi connectivity index (χ1v) is 7.20. The van der Waals surface area contributed by atoms with Gasteiger partial charge in [-0.25, -0.2) is 4.98 Å². The fourth-order valence-electron chi connectivity index (χ4n) is 1.30. The van der Waals surface area contributed by atoms with Crippen LogP contribution in [0.25, 0.3) is 0 Å². The van der Waals surface area contributed by atoms with Crippen molar-refractivity contribution in [1.82, 2.24) is 10.3 Å². The molecular weight excluding hydrogens is 256 g/mol. The van der Waals surface area contributed by atoms with Crippen LogP contribution >= 0.6 is 23.1 Å². The first kappa shape index (κ1) is 14.5. The molecule has 0 fully saturated rings. The third kappa shape index (κ3) is 3.97. The largest absolute Gasteiger partial charge is 0.468 e. The van der Waals surface area contributed by atoms with E-state index in [0.29, 0.717) is 6.42 Å². The van der Waals surface area contributed by atoms with Crippen molar-refractivity contribution >= 4 is 29.1 Å². The van der Waals surface area contributed by atoms with Crippen LogP contribution in [0.4, 0.5) is 0 Å². The highest BCUT2D eigenvalue weighted by Crippen LogP contribution is 2.25. The van der Waals surface area contributed by atoms with Crippen LogP contribution in [0.3, 0.4) is 0 Å². The lowest BCUT2D eigenvalue weighted by atomic mass is 10.00. The molecule has 96 valence electrons. The maximum atomic E-state index is 11.6. The van der Waals surface area contributed by atoms with Crippen LogP contribution in [0.5, 0.6) is 0 Å². The lowest BCUT2D eigenvalue weighted by Crippen LogP contribution is -2.48. The predicted octanol–water partition coefficient (Wildman–Crippen LogP) is 2.08. The van der Waals surface area contributed by atoms with Crippen LogP contribution in [-0.2, 0) is 9.53 Å². The molecule has 17 heavy (non-hydrogen) atoms. The number of aryl methyl sites for hydroxylation is 1. The molecule has 1 aromatic rings. The molecule has 4 nitrogen and oxygen atoms in total. The molecule has 0 aliphatic rings. The summed E-state index contributed by atoms with van der Waals surface area (Å²) in [7, 11) is 3.18. The second-order valence-corrected chi connectivity index (χ2v) is 6.13. The van der Waals surface area contributed by atoms with Crippen molar-refractivity contribution < 1.29 is 9.53 Å². The van der Waals surface area contributed by atoms with E-state index in [-0.39, 0.29) is 5.97 Å². The quantitative estimate of drug-likeness (QED) is 0.636. The second kappa shape index (κ2) is 6.37. The van der Waals surface area contributed by atoms with E-state index < -0.39 is 5.54 Å². The van der Waals surface area contributed by atoms with Crippen molar-refractivity contribution in [2.75, 3.05) is 19.9 Å². The Labute approximate surface area is 110 Å². The number of ether oxygens (including phenoxy) is 1.